The van der Waals surface area contributed by atoms with Gasteiger partial charge >= 0.3 is 6.18 Å². The van der Waals surface area contributed by atoms with Crippen LogP contribution in [-0.4, -0.2) is 50.5 Å². The second-order valence-electron chi connectivity index (χ2n) is 8.84. The SMILES string of the molecule is Cc1nc(N2CCC(c3nnc4n3-c3ccc(Cl)cc3CN(CC(F)(F)F)C4)CC2)ccc1F. The quantitative estimate of drug-likeness (QED) is 0.478. The molecular formula is C23H23ClF4N6. The van der Waals surface area contributed by atoms with Crippen LogP contribution < -0.4 is 4.90 Å². The molecule has 1 saturated heterocycles. The van der Waals surface area contributed by atoms with Crippen molar-refractivity contribution in [1.82, 2.24) is 24.6 Å². The maximum atomic E-state index is 13.6. The Morgan fingerprint density at radius 1 is 1.06 bits per heavy atom. The largest absolute Gasteiger partial charge is 0.401 e. The molecule has 0 atom stereocenters. The van der Waals surface area contributed by atoms with Crippen LogP contribution in [0.2, 0.25) is 5.02 Å². The predicted molar refractivity (Wildman–Crippen MR) is 120 cm³/mol. The lowest BCUT2D eigenvalue weighted by Gasteiger charge is -2.32. The van der Waals surface area contributed by atoms with Gasteiger partial charge in [-0.1, -0.05) is 11.6 Å². The van der Waals surface area contributed by atoms with E-state index >= 15 is 0 Å². The molecule has 0 radical (unpaired) electrons. The van der Waals surface area contributed by atoms with Crippen LogP contribution in [0.5, 0.6) is 0 Å². The molecule has 0 amide bonds. The monoisotopic (exact) mass is 494 g/mol. The summed E-state index contributed by atoms with van der Waals surface area (Å²) in [5.74, 6) is 1.72. The van der Waals surface area contributed by atoms with Crippen molar-refractivity contribution in [3.8, 4) is 5.69 Å². The van der Waals surface area contributed by atoms with Gasteiger partial charge in [0.05, 0.1) is 24.5 Å². The Balaban J connectivity index is 1.43. The number of alkyl halides is 3. The molecule has 0 saturated carbocycles. The summed E-state index contributed by atoms with van der Waals surface area (Å²) in [7, 11) is 0. The van der Waals surface area contributed by atoms with Crippen molar-refractivity contribution in [3.05, 3.63) is 64.1 Å². The van der Waals surface area contributed by atoms with Crippen LogP contribution in [-0.2, 0) is 13.1 Å². The van der Waals surface area contributed by atoms with E-state index in [4.69, 9.17) is 11.6 Å². The smallest absolute Gasteiger partial charge is 0.357 e. The van der Waals surface area contributed by atoms with E-state index in [-0.39, 0.29) is 24.8 Å². The van der Waals surface area contributed by atoms with Crippen LogP contribution in [0.1, 0.15) is 41.7 Å². The lowest BCUT2D eigenvalue weighted by atomic mass is 9.95. The highest BCUT2D eigenvalue weighted by molar-refractivity contribution is 6.30. The molecule has 2 aliphatic rings. The summed E-state index contributed by atoms with van der Waals surface area (Å²) in [5.41, 5.74) is 1.84. The van der Waals surface area contributed by atoms with E-state index in [9.17, 15) is 17.6 Å². The molecule has 0 unspecified atom stereocenters. The molecule has 2 aromatic heterocycles. The normalized spacial score (nSPS) is 17.4. The third-order valence-electron chi connectivity index (χ3n) is 6.39. The van der Waals surface area contributed by atoms with Crippen LogP contribution in [0.3, 0.4) is 0 Å². The average molecular weight is 495 g/mol. The van der Waals surface area contributed by atoms with Crippen LogP contribution in [0.4, 0.5) is 23.4 Å². The Labute approximate surface area is 199 Å². The average Bonchev–Trinajstić information content (AvgIpc) is 3.11. The van der Waals surface area contributed by atoms with E-state index in [0.717, 1.165) is 30.2 Å². The molecule has 1 aromatic carbocycles. The Kier molecular flexibility index (Phi) is 5.97. The number of hydrogen-bond acceptors (Lipinski definition) is 5. The Morgan fingerprint density at radius 3 is 2.53 bits per heavy atom. The highest BCUT2D eigenvalue weighted by Crippen LogP contribution is 2.35. The maximum absolute atomic E-state index is 13.6. The number of anilines is 1. The number of aromatic nitrogens is 4. The first-order valence-corrected chi connectivity index (χ1v) is 11.5. The summed E-state index contributed by atoms with van der Waals surface area (Å²) in [6, 6.07) is 8.38. The van der Waals surface area contributed by atoms with Gasteiger partial charge in [0.1, 0.15) is 17.5 Å². The third-order valence-corrected chi connectivity index (χ3v) is 6.63. The summed E-state index contributed by atoms with van der Waals surface area (Å²) in [5, 5.41) is 9.19. The highest BCUT2D eigenvalue weighted by atomic mass is 35.5. The van der Waals surface area contributed by atoms with Crippen molar-refractivity contribution in [2.24, 2.45) is 0 Å². The molecule has 2 aliphatic heterocycles. The molecule has 0 bridgehead atoms. The van der Waals surface area contributed by atoms with Gasteiger partial charge in [0, 0.05) is 30.6 Å². The molecule has 3 aromatic rings. The van der Waals surface area contributed by atoms with Crippen molar-refractivity contribution in [3.63, 3.8) is 0 Å². The molecule has 11 heteroatoms. The molecule has 1 fully saturated rings. The molecule has 0 spiro atoms. The number of rotatable bonds is 3. The van der Waals surface area contributed by atoms with Crippen molar-refractivity contribution in [2.75, 3.05) is 24.5 Å². The molecule has 4 heterocycles. The molecule has 0 N–H and O–H groups in total. The standard InChI is InChI=1S/C23H23ClF4N6/c1-14-18(25)3-5-20(29-14)33-8-6-15(7-9-33)22-31-30-21-12-32(13-23(26,27)28)11-16-10-17(24)2-4-19(16)34(21)22/h2-5,10,15H,6-9,11-13H2,1H3. The van der Waals surface area contributed by atoms with Crippen molar-refractivity contribution in [1.29, 1.82) is 0 Å². The topological polar surface area (TPSA) is 50.1 Å². The first kappa shape index (κ1) is 23.0. The number of aryl methyl sites for hydroxylation is 1. The lowest BCUT2D eigenvalue weighted by Crippen LogP contribution is -2.34. The maximum Gasteiger partial charge on any atom is 0.401 e. The van der Waals surface area contributed by atoms with E-state index in [1.165, 1.54) is 11.0 Å². The zero-order chi connectivity index (χ0) is 24.0. The van der Waals surface area contributed by atoms with Crippen LogP contribution in [0, 0.1) is 12.7 Å². The van der Waals surface area contributed by atoms with Crippen LogP contribution >= 0.6 is 11.6 Å². The van der Waals surface area contributed by atoms with E-state index in [0.29, 0.717) is 35.2 Å². The predicted octanol–water partition coefficient (Wildman–Crippen LogP) is 5.03. The van der Waals surface area contributed by atoms with E-state index in [2.05, 4.69) is 20.1 Å². The van der Waals surface area contributed by atoms with Gasteiger partial charge in [-0.25, -0.2) is 9.37 Å². The second kappa shape index (κ2) is 8.81. The third kappa shape index (κ3) is 4.61. The summed E-state index contributed by atoms with van der Waals surface area (Å²) in [6.45, 7) is 2.17. The number of piperidine rings is 1. The summed E-state index contributed by atoms with van der Waals surface area (Å²) in [4.78, 5) is 7.78. The van der Waals surface area contributed by atoms with Gasteiger partial charge in [0.2, 0.25) is 0 Å². The molecule has 180 valence electrons. The van der Waals surface area contributed by atoms with Gasteiger partial charge in [-0.05, 0) is 55.7 Å². The highest BCUT2D eigenvalue weighted by Gasteiger charge is 2.35. The number of nitrogens with zero attached hydrogens (tertiary/aromatic N) is 6. The van der Waals surface area contributed by atoms with Gasteiger partial charge in [0.15, 0.2) is 5.82 Å². The minimum Gasteiger partial charge on any atom is -0.357 e. The summed E-state index contributed by atoms with van der Waals surface area (Å²) < 4.78 is 55.1. The fourth-order valence-electron chi connectivity index (χ4n) is 4.79. The van der Waals surface area contributed by atoms with Crippen LogP contribution in [0.15, 0.2) is 30.3 Å². The number of halogens is 5. The van der Waals surface area contributed by atoms with Gasteiger partial charge < -0.3 is 4.90 Å². The lowest BCUT2D eigenvalue weighted by molar-refractivity contribution is -0.148. The first-order valence-electron chi connectivity index (χ1n) is 11.1. The van der Waals surface area contributed by atoms with Crippen LogP contribution in [0.25, 0.3) is 5.69 Å². The Bertz CT molecular complexity index is 1200. The van der Waals surface area contributed by atoms with Crippen molar-refractivity contribution < 1.29 is 17.6 Å². The summed E-state index contributed by atoms with van der Waals surface area (Å²) >= 11 is 6.18. The summed E-state index contributed by atoms with van der Waals surface area (Å²) in [6.07, 6.45) is -2.78. The van der Waals surface area contributed by atoms with Gasteiger partial charge in [-0.2, -0.15) is 13.2 Å². The van der Waals surface area contributed by atoms with E-state index in [1.54, 1.807) is 25.1 Å². The zero-order valence-electron chi connectivity index (χ0n) is 18.5. The van der Waals surface area contributed by atoms with E-state index < -0.39 is 12.7 Å². The Hall–Kier alpha value is -2.72. The first-order chi connectivity index (χ1) is 16.2. The number of hydrogen-bond donors (Lipinski definition) is 0. The molecule has 0 aliphatic carbocycles. The number of fused-ring (bicyclic) bond motifs is 3. The molecule has 34 heavy (non-hydrogen) atoms. The van der Waals surface area contributed by atoms with E-state index in [1.807, 2.05) is 10.6 Å². The van der Waals surface area contributed by atoms with Gasteiger partial charge in [0.25, 0.3) is 0 Å². The van der Waals surface area contributed by atoms with Crippen molar-refractivity contribution >= 4 is 17.4 Å². The minimum atomic E-state index is -4.32. The fourth-order valence-corrected chi connectivity index (χ4v) is 4.99. The minimum absolute atomic E-state index is 0.0381. The fraction of sp³-hybridized carbons (Fsp3) is 0.435. The van der Waals surface area contributed by atoms with Gasteiger partial charge in [-0.15, -0.1) is 10.2 Å². The number of benzene rings is 1. The second-order valence-corrected chi connectivity index (χ2v) is 9.28. The van der Waals surface area contributed by atoms with Crippen molar-refractivity contribution in [2.45, 2.75) is 44.9 Å². The van der Waals surface area contributed by atoms with Gasteiger partial charge in [-0.3, -0.25) is 9.47 Å². The molecule has 5 rings (SSSR count). The Morgan fingerprint density at radius 2 is 1.82 bits per heavy atom. The molecule has 6 nitrogen and oxygen atoms in total. The number of pyridine rings is 1. The molecular weight excluding hydrogens is 472 g/mol. The zero-order valence-corrected chi connectivity index (χ0v) is 19.2.